The standard InChI is InChI=1S/C24H28ClFN4O6/c1-10-12(8-31)14-15-19(27-10)29-9-24(21(32)33)7-6-13(30(24)22(34)36-23(3,4)5)17(29)11(2)35-20(15)28-18(25)16(14)26/h11,13,17,31H,6-9H2,1-5H3,(H,32,33)/t11?,13-,17+,24+/m0/s1. The Morgan fingerprint density at radius 3 is 2.61 bits per heavy atom. The Hall–Kier alpha value is -2.92. The molecule has 3 aliphatic rings. The second-order valence-corrected chi connectivity index (χ2v) is 11.0. The summed E-state index contributed by atoms with van der Waals surface area (Å²) in [5.74, 6) is -1.65. The summed E-state index contributed by atoms with van der Waals surface area (Å²) in [7, 11) is 0. The van der Waals surface area contributed by atoms with Crippen molar-refractivity contribution in [3.05, 3.63) is 22.2 Å². The molecule has 2 saturated heterocycles. The van der Waals surface area contributed by atoms with Crippen LogP contribution in [0.5, 0.6) is 5.88 Å². The van der Waals surface area contributed by atoms with Crippen molar-refractivity contribution in [3.8, 4) is 5.88 Å². The molecule has 0 radical (unpaired) electrons. The van der Waals surface area contributed by atoms with Crippen molar-refractivity contribution < 1.29 is 33.7 Å². The molecule has 3 aliphatic heterocycles. The SMILES string of the molecule is Cc1nc2c3c(nc(Cl)c(F)c3c1CO)OC(C)[C@@H]1[C@@H]3CC[C@](C(=O)O)(CN21)N3C(=O)OC(C)(C)C. The molecule has 0 aromatic carbocycles. The number of amides is 1. The molecule has 12 heteroatoms. The van der Waals surface area contributed by atoms with Crippen molar-refractivity contribution in [2.24, 2.45) is 0 Å². The lowest BCUT2D eigenvalue weighted by Crippen LogP contribution is -2.72. The van der Waals surface area contributed by atoms with Crippen LogP contribution in [0.25, 0.3) is 10.8 Å². The third-order valence-electron chi connectivity index (χ3n) is 7.33. The van der Waals surface area contributed by atoms with Gasteiger partial charge in [0.25, 0.3) is 0 Å². The molecule has 2 N–H and O–H groups in total. The zero-order valence-corrected chi connectivity index (χ0v) is 21.4. The van der Waals surface area contributed by atoms with Crippen LogP contribution in [0.15, 0.2) is 0 Å². The molecule has 1 amide bonds. The Kier molecular flexibility index (Phi) is 5.53. The fraction of sp³-hybridized carbons (Fsp3) is 0.583. The van der Waals surface area contributed by atoms with Crippen LogP contribution in [0.1, 0.15) is 51.8 Å². The second-order valence-electron chi connectivity index (χ2n) is 10.7. The van der Waals surface area contributed by atoms with Crippen LogP contribution in [0.3, 0.4) is 0 Å². The number of piperazine rings is 1. The number of pyridine rings is 2. The number of carbonyl (C=O) groups excluding carboxylic acids is 1. The number of carboxylic acid groups (broad SMARTS) is 1. The number of rotatable bonds is 2. The Morgan fingerprint density at radius 2 is 2.00 bits per heavy atom. The molecule has 4 atom stereocenters. The zero-order valence-electron chi connectivity index (χ0n) is 20.6. The molecule has 5 heterocycles. The highest BCUT2D eigenvalue weighted by atomic mass is 35.5. The van der Waals surface area contributed by atoms with Crippen molar-refractivity contribution in [2.45, 2.75) is 83.4 Å². The molecule has 2 bridgehead atoms. The van der Waals surface area contributed by atoms with E-state index < -0.39 is 59.0 Å². The number of carboxylic acids is 1. The summed E-state index contributed by atoms with van der Waals surface area (Å²) in [6, 6.07) is -1.11. The molecule has 36 heavy (non-hydrogen) atoms. The fourth-order valence-corrected chi connectivity index (χ4v) is 6.08. The summed E-state index contributed by atoms with van der Waals surface area (Å²) in [4.78, 5) is 38.0. The number of anilines is 1. The minimum atomic E-state index is -1.58. The van der Waals surface area contributed by atoms with Crippen LogP contribution < -0.4 is 9.64 Å². The van der Waals surface area contributed by atoms with Crippen molar-refractivity contribution in [3.63, 3.8) is 0 Å². The van der Waals surface area contributed by atoms with Gasteiger partial charge in [0.05, 0.1) is 30.6 Å². The summed E-state index contributed by atoms with van der Waals surface area (Å²) in [5, 5.41) is 20.3. The van der Waals surface area contributed by atoms with Gasteiger partial charge in [0.1, 0.15) is 17.5 Å². The molecule has 0 spiro atoms. The number of aliphatic hydroxyl groups excluding tert-OH is 1. The number of nitrogens with zero attached hydrogens (tertiary/aromatic N) is 4. The lowest BCUT2D eigenvalue weighted by Gasteiger charge is -2.51. The van der Waals surface area contributed by atoms with E-state index in [1.165, 1.54) is 4.90 Å². The maximum absolute atomic E-state index is 15.3. The Balaban J connectivity index is 1.75. The van der Waals surface area contributed by atoms with Gasteiger partial charge in [-0.1, -0.05) is 11.6 Å². The van der Waals surface area contributed by atoms with Gasteiger partial charge in [-0.2, -0.15) is 4.98 Å². The minimum Gasteiger partial charge on any atom is -0.479 e. The van der Waals surface area contributed by atoms with Crippen LogP contribution in [0.4, 0.5) is 15.0 Å². The van der Waals surface area contributed by atoms with Crippen molar-refractivity contribution in [2.75, 3.05) is 11.4 Å². The number of aromatic nitrogens is 2. The highest BCUT2D eigenvalue weighted by molar-refractivity contribution is 6.30. The van der Waals surface area contributed by atoms with Gasteiger partial charge >= 0.3 is 12.1 Å². The quantitative estimate of drug-likeness (QED) is 0.570. The molecule has 2 aromatic rings. The average Bonchev–Trinajstić information content (AvgIpc) is 3.00. The van der Waals surface area contributed by atoms with Gasteiger partial charge in [-0.25, -0.2) is 19.0 Å². The maximum atomic E-state index is 15.3. The Morgan fingerprint density at radius 1 is 1.31 bits per heavy atom. The number of aliphatic carboxylic acids is 1. The van der Waals surface area contributed by atoms with Gasteiger partial charge in [-0.15, -0.1) is 0 Å². The first kappa shape index (κ1) is 24.8. The van der Waals surface area contributed by atoms with E-state index in [9.17, 15) is 19.8 Å². The van der Waals surface area contributed by atoms with Gasteiger partial charge in [-0.05, 0) is 47.5 Å². The smallest absolute Gasteiger partial charge is 0.411 e. The van der Waals surface area contributed by atoms with Crippen LogP contribution in [0, 0.1) is 12.7 Å². The highest BCUT2D eigenvalue weighted by Gasteiger charge is 2.64. The molecular formula is C24H28ClFN4O6. The van der Waals surface area contributed by atoms with E-state index in [0.29, 0.717) is 12.1 Å². The minimum absolute atomic E-state index is 0.0362. The summed E-state index contributed by atoms with van der Waals surface area (Å²) in [6.45, 7) is 7.99. The van der Waals surface area contributed by atoms with E-state index in [4.69, 9.17) is 21.1 Å². The van der Waals surface area contributed by atoms with Crippen molar-refractivity contribution >= 4 is 40.3 Å². The predicted octanol–water partition coefficient (Wildman–Crippen LogP) is 3.42. The average molecular weight is 523 g/mol. The molecule has 1 unspecified atom stereocenters. The molecule has 2 fully saturated rings. The topological polar surface area (TPSA) is 125 Å². The van der Waals surface area contributed by atoms with Crippen LogP contribution in [0.2, 0.25) is 5.15 Å². The fourth-order valence-electron chi connectivity index (χ4n) is 5.91. The van der Waals surface area contributed by atoms with E-state index in [-0.39, 0.29) is 41.0 Å². The lowest BCUT2D eigenvalue weighted by molar-refractivity contribution is -0.151. The maximum Gasteiger partial charge on any atom is 0.411 e. The summed E-state index contributed by atoms with van der Waals surface area (Å²) < 4.78 is 27.1. The highest BCUT2D eigenvalue weighted by Crippen LogP contribution is 2.50. The summed E-state index contributed by atoms with van der Waals surface area (Å²) in [5.41, 5.74) is -1.79. The van der Waals surface area contributed by atoms with Crippen molar-refractivity contribution in [1.82, 2.24) is 14.9 Å². The van der Waals surface area contributed by atoms with E-state index in [2.05, 4.69) is 9.97 Å². The van der Waals surface area contributed by atoms with Crippen LogP contribution in [-0.2, 0) is 16.1 Å². The van der Waals surface area contributed by atoms with Gasteiger partial charge in [-0.3, -0.25) is 4.90 Å². The van der Waals surface area contributed by atoms with E-state index in [1.807, 2.05) is 0 Å². The second kappa shape index (κ2) is 8.04. The van der Waals surface area contributed by atoms with Gasteiger partial charge in [0.15, 0.2) is 16.5 Å². The molecule has 2 aromatic heterocycles. The first-order chi connectivity index (χ1) is 16.8. The summed E-state index contributed by atoms with van der Waals surface area (Å²) >= 11 is 6.11. The zero-order chi connectivity index (χ0) is 26.3. The van der Waals surface area contributed by atoms with Gasteiger partial charge in [0, 0.05) is 16.6 Å². The Labute approximate surface area is 212 Å². The lowest BCUT2D eigenvalue weighted by atomic mass is 9.91. The third kappa shape index (κ3) is 3.39. The van der Waals surface area contributed by atoms with Gasteiger partial charge in [0.2, 0.25) is 5.88 Å². The number of aliphatic hydroxyl groups is 1. The molecule has 194 valence electrons. The number of hydrogen-bond donors (Lipinski definition) is 2. The molecule has 10 nitrogen and oxygen atoms in total. The number of carbonyl (C=O) groups is 2. The molecular weight excluding hydrogens is 495 g/mol. The van der Waals surface area contributed by atoms with Gasteiger partial charge < -0.3 is 24.6 Å². The Bertz CT molecular complexity index is 1300. The van der Waals surface area contributed by atoms with Crippen molar-refractivity contribution in [1.29, 1.82) is 0 Å². The number of halogens is 2. The molecule has 0 aliphatic carbocycles. The largest absolute Gasteiger partial charge is 0.479 e. The van der Waals surface area contributed by atoms with Crippen LogP contribution in [-0.4, -0.2) is 73.0 Å². The third-order valence-corrected chi connectivity index (χ3v) is 7.58. The van der Waals surface area contributed by atoms with E-state index in [1.54, 1.807) is 39.5 Å². The summed E-state index contributed by atoms with van der Waals surface area (Å²) in [6.07, 6.45) is -0.703. The van der Waals surface area contributed by atoms with E-state index in [0.717, 1.165) is 0 Å². The number of fused-ring (bicyclic) bond motifs is 5. The number of aryl methyl sites for hydroxylation is 1. The van der Waals surface area contributed by atoms with Crippen LogP contribution >= 0.6 is 11.6 Å². The number of hydrogen-bond acceptors (Lipinski definition) is 8. The number of ether oxygens (including phenoxy) is 2. The first-order valence-electron chi connectivity index (χ1n) is 11.8. The van der Waals surface area contributed by atoms with E-state index >= 15 is 4.39 Å². The molecule has 0 saturated carbocycles. The normalized spacial score (nSPS) is 26.9. The molecule has 5 rings (SSSR count). The predicted molar refractivity (Wildman–Crippen MR) is 128 cm³/mol. The monoisotopic (exact) mass is 522 g/mol. The first-order valence-corrected chi connectivity index (χ1v) is 12.2.